The number of carbonyl (C=O) groups excluding carboxylic acids is 1. The number of allylic oxidation sites excluding steroid dienone is 2. The molecule has 1 aromatic rings. The van der Waals surface area contributed by atoms with Gasteiger partial charge in [-0.3, -0.25) is 4.79 Å². The van der Waals surface area contributed by atoms with E-state index in [4.69, 9.17) is 15.2 Å². The Bertz CT molecular complexity index is 606. The molecule has 3 N–H and O–H groups in total. The zero-order valence-electron chi connectivity index (χ0n) is 13.0. The number of rotatable bonds is 5. The first-order valence-electron chi connectivity index (χ1n) is 7.31. The van der Waals surface area contributed by atoms with Gasteiger partial charge in [-0.25, -0.2) is 0 Å². The molecule has 0 unspecified atom stereocenters. The maximum atomic E-state index is 12.3. The van der Waals surface area contributed by atoms with Gasteiger partial charge in [0.25, 0.3) is 5.91 Å². The van der Waals surface area contributed by atoms with E-state index in [9.17, 15) is 4.79 Å². The van der Waals surface area contributed by atoms with Gasteiger partial charge >= 0.3 is 0 Å². The van der Waals surface area contributed by atoms with Gasteiger partial charge in [-0.2, -0.15) is 0 Å². The lowest BCUT2D eigenvalue weighted by Crippen LogP contribution is -2.27. The van der Waals surface area contributed by atoms with Crippen LogP contribution in [0, 0.1) is 0 Å². The molecule has 118 valence electrons. The van der Waals surface area contributed by atoms with Crippen molar-refractivity contribution >= 4 is 5.91 Å². The fourth-order valence-corrected chi connectivity index (χ4v) is 2.34. The Labute approximate surface area is 130 Å². The molecule has 0 saturated heterocycles. The second kappa shape index (κ2) is 7.54. The molecule has 0 spiro atoms. The van der Waals surface area contributed by atoms with Crippen molar-refractivity contribution < 1.29 is 14.3 Å². The van der Waals surface area contributed by atoms with Crippen LogP contribution < -0.4 is 20.5 Å². The fourth-order valence-electron chi connectivity index (χ4n) is 2.34. The van der Waals surface area contributed by atoms with Crippen molar-refractivity contribution in [3.05, 3.63) is 47.2 Å². The molecule has 0 radical (unpaired) electrons. The largest absolute Gasteiger partial charge is 0.497 e. The van der Waals surface area contributed by atoms with Gasteiger partial charge in [0.2, 0.25) is 0 Å². The van der Waals surface area contributed by atoms with Gasteiger partial charge in [-0.1, -0.05) is 12.2 Å². The molecule has 2 rings (SSSR count). The summed E-state index contributed by atoms with van der Waals surface area (Å²) in [5, 5.41) is 2.89. The number of carbonyl (C=O) groups is 1. The van der Waals surface area contributed by atoms with Crippen molar-refractivity contribution in [3.63, 3.8) is 0 Å². The van der Waals surface area contributed by atoms with Crippen molar-refractivity contribution in [2.24, 2.45) is 5.73 Å². The highest BCUT2D eigenvalue weighted by Gasteiger charge is 2.14. The Morgan fingerprint density at radius 1 is 1.23 bits per heavy atom. The Balaban J connectivity index is 2.06. The van der Waals surface area contributed by atoms with Crippen molar-refractivity contribution in [1.82, 2.24) is 5.32 Å². The lowest BCUT2D eigenvalue weighted by atomic mass is 10.1. The van der Waals surface area contributed by atoms with Crippen LogP contribution in [-0.4, -0.2) is 20.1 Å². The monoisotopic (exact) mass is 302 g/mol. The number of hydrogen-bond donors (Lipinski definition) is 2. The molecule has 0 aliphatic heterocycles. The van der Waals surface area contributed by atoms with E-state index in [2.05, 4.69) is 5.32 Å². The molecule has 5 heteroatoms. The smallest absolute Gasteiger partial charge is 0.253 e. The molecule has 0 atom stereocenters. The molecular weight excluding hydrogens is 280 g/mol. The predicted octanol–water partition coefficient (Wildman–Crippen LogP) is 2.27. The SMILES string of the molecule is COc1ccc(CNC(=O)C2=CCCCC=C2N)c(OC)c1. The zero-order chi connectivity index (χ0) is 15.9. The summed E-state index contributed by atoms with van der Waals surface area (Å²) in [7, 11) is 3.19. The van der Waals surface area contributed by atoms with Gasteiger partial charge in [0, 0.05) is 23.9 Å². The summed E-state index contributed by atoms with van der Waals surface area (Å²) in [6.45, 7) is 0.372. The van der Waals surface area contributed by atoms with Crippen molar-refractivity contribution in [2.75, 3.05) is 14.2 Å². The minimum absolute atomic E-state index is 0.159. The highest BCUT2D eigenvalue weighted by atomic mass is 16.5. The summed E-state index contributed by atoms with van der Waals surface area (Å²) in [6, 6.07) is 5.50. The lowest BCUT2D eigenvalue weighted by molar-refractivity contribution is -0.117. The molecule has 0 bridgehead atoms. The highest BCUT2D eigenvalue weighted by molar-refractivity contribution is 5.97. The number of methoxy groups -OCH3 is 2. The molecule has 1 aliphatic carbocycles. The number of ether oxygens (including phenoxy) is 2. The van der Waals surface area contributed by atoms with Gasteiger partial charge in [0.15, 0.2) is 0 Å². The number of nitrogens with two attached hydrogens (primary N) is 1. The summed E-state index contributed by atoms with van der Waals surface area (Å²) in [6.07, 6.45) is 6.60. The first-order chi connectivity index (χ1) is 10.7. The minimum atomic E-state index is -0.159. The molecule has 0 saturated carbocycles. The number of nitrogens with one attached hydrogen (secondary N) is 1. The normalized spacial score (nSPS) is 14.5. The van der Waals surface area contributed by atoms with E-state index >= 15 is 0 Å². The molecule has 1 aromatic carbocycles. The Morgan fingerprint density at radius 3 is 2.73 bits per heavy atom. The maximum Gasteiger partial charge on any atom is 0.253 e. The third kappa shape index (κ3) is 3.81. The van der Waals surface area contributed by atoms with E-state index in [1.54, 1.807) is 20.3 Å². The summed E-state index contributed by atoms with van der Waals surface area (Å²) in [4.78, 5) is 12.3. The summed E-state index contributed by atoms with van der Waals surface area (Å²) in [5.41, 5.74) is 7.93. The summed E-state index contributed by atoms with van der Waals surface area (Å²) < 4.78 is 10.5. The second-order valence-corrected chi connectivity index (χ2v) is 5.07. The standard InChI is InChI=1S/C17H22N2O3/c1-21-13-9-8-12(16(10-13)22-2)11-19-17(20)14-6-4-3-5-7-15(14)18/h6-10H,3-5,11,18H2,1-2H3,(H,19,20). The molecule has 1 amide bonds. The summed E-state index contributed by atoms with van der Waals surface area (Å²) >= 11 is 0. The van der Waals surface area contributed by atoms with Crippen LogP contribution in [0.5, 0.6) is 11.5 Å². The van der Waals surface area contributed by atoms with Crippen LogP contribution in [0.3, 0.4) is 0 Å². The number of benzene rings is 1. The third-order valence-corrected chi connectivity index (χ3v) is 3.61. The molecule has 0 heterocycles. The molecule has 22 heavy (non-hydrogen) atoms. The molecular formula is C17H22N2O3. The van der Waals surface area contributed by atoms with Crippen LogP contribution in [0.25, 0.3) is 0 Å². The van der Waals surface area contributed by atoms with Crippen LogP contribution >= 0.6 is 0 Å². The zero-order valence-corrected chi connectivity index (χ0v) is 13.0. The highest BCUT2D eigenvalue weighted by Crippen LogP contribution is 2.24. The van der Waals surface area contributed by atoms with E-state index in [0.29, 0.717) is 29.3 Å². The fraction of sp³-hybridized carbons (Fsp3) is 0.353. The minimum Gasteiger partial charge on any atom is -0.497 e. The molecule has 1 aliphatic rings. The average molecular weight is 302 g/mol. The molecule has 5 nitrogen and oxygen atoms in total. The maximum absolute atomic E-state index is 12.3. The predicted molar refractivity (Wildman–Crippen MR) is 85.6 cm³/mol. The van der Waals surface area contributed by atoms with Crippen LogP contribution in [0.15, 0.2) is 41.6 Å². The average Bonchev–Trinajstić information content (AvgIpc) is 2.76. The topological polar surface area (TPSA) is 73.6 Å². The van der Waals surface area contributed by atoms with Gasteiger partial charge in [-0.15, -0.1) is 0 Å². The van der Waals surface area contributed by atoms with Crippen LogP contribution in [0.1, 0.15) is 24.8 Å². The second-order valence-electron chi connectivity index (χ2n) is 5.07. The van der Waals surface area contributed by atoms with Crippen molar-refractivity contribution in [2.45, 2.75) is 25.8 Å². The first kappa shape index (κ1) is 15.9. The van der Waals surface area contributed by atoms with Gasteiger partial charge < -0.3 is 20.5 Å². The molecule has 0 aromatic heterocycles. The number of hydrogen-bond acceptors (Lipinski definition) is 4. The summed E-state index contributed by atoms with van der Waals surface area (Å²) in [5.74, 6) is 1.23. The molecule has 0 fully saturated rings. The van der Waals surface area contributed by atoms with Gasteiger partial charge in [0.1, 0.15) is 11.5 Å². The van der Waals surface area contributed by atoms with Crippen LogP contribution in [0.4, 0.5) is 0 Å². The van der Waals surface area contributed by atoms with E-state index in [-0.39, 0.29) is 5.91 Å². The van der Waals surface area contributed by atoms with E-state index in [0.717, 1.165) is 24.8 Å². The van der Waals surface area contributed by atoms with E-state index in [1.165, 1.54) is 0 Å². The number of amides is 1. The van der Waals surface area contributed by atoms with Crippen LogP contribution in [0.2, 0.25) is 0 Å². The van der Waals surface area contributed by atoms with Crippen LogP contribution in [-0.2, 0) is 11.3 Å². The van der Waals surface area contributed by atoms with Gasteiger partial charge in [-0.05, 0) is 31.4 Å². The quantitative estimate of drug-likeness (QED) is 0.875. The Hall–Kier alpha value is -2.43. The van der Waals surface area contributed by atoms with Crippen molar-refractivity contribution in [1.29, 1.82) is 0 Å². The van der Waals surface area contributed by atoms with Crippen molar-refractivity contribution in [3.8, 4) is 11.5 Å². The third-order valence-electron chi connectivity index (χ3n) is 3.61. The van der Waals surface area contributed by atoms with Gasteiger partial charge in [0.05, 0.1) is 19.8 Å². The Kier molecular flexibility index (Phi) is 5.47. The Morgan fingerprint density at radius 2 is 2.00 bits per heavy atom. The van der Waals surface area contributed by atoms with E-state index in [1.807, 2.05) is 24.3 Å². The lowest BCUT2D eigenvalue weighted by Gasteiger charge is -2.12. The van der Waals surface area contributed by atoms with E-state index < -0.39 is 0 Å². The first-order valence-corrected chi connectivity index (χ1v) is 7.31.